The summed E-state index contributed by atoms with van der Waals surface area (Å²) in [6, 6.07) is 13.9. The van der Waals surface area contributed by atoms with Gasteiger partial charge in [-0.3, -0.25) is 0 Å². The third-order valence-corrected chi connectivity index (χ3v) is 2.46. The predicted molar refractivity (Wildman–Crippen MR) is 71.1 cm³/mol. The second-order valence-corrected chi connectivity index (χ2v) is 3.81. The van der Waals surface area contributed by atoms with Crippen molar-refractivity contribution in [3.8, 4) is 17.2 Å². The molecule has 0 saturated heterocycles. The second-order valence-electron chi connectivity index (χ2n) is 3.81. The van der Waals surface area contributed by atoms with Gasteiger partial charge in [-0.1, -0.05) is 18.2 Å². The predicted octanol–water partition coefficient (Wildman–Crippen LogP) is 3.58. The smallest absolute Gasteiger partial charge is 0.339 e. The van der Waals surface area contributed by atoms with Crippen LogP contribution in [0, 0.1) is 0 Å². The molecule has 0 radical (unpaired) electrons. The van der Waals surface area contributed by atoms with Gasteiger partial charge in [-0.15, -0.1) is 0 Å². The summed E-state index contributed by atoms with van der Waals surface area (Å²) in [6.45, 7) is 2.22. The summed E-state index contributed by atoms with van der Waals surface area (Å²) in [5.74, 6) is 0.424. The molecular formula is C15H14O4. The molecular weight excluding hydrogens is 244 g/mol. The van der Waals surface area contributed by atoms with E-state index < -0.39 is 5.97 Å². The van der Waals surface area contributed by atoms with Gasteiger partial charge in [0.05, 0.1) is 6.61 Å². The van der Waals surface area contributed by atoms with Crippen molar-refractivity contribution in [2.45, 2.75) is 6.92 Å². The first-order chi connectivity index (χ1) is 9.20. The number of benzene rings is 2. The zero-order valence-electron chi connectivity index (χ0n) is 10.5. The third-order valence-electron chi connectivity index (χ3n) is 2.46. The van der Waals surface area contributed by atoms with Crippen molar-refractivity contribution < 1.29 is 19.4 Å². The highest BCUT2D eigenvalue weighted by Crippen LogP contribution is 2.27. The zero-order chi connectivity index (χ0) is 13.7. The van der Waals surface area contributed by atoms with Crippen LogP contribution in [0.15, 0.2) is 48.5 Å². The molecule has 0 aromatic heterocycles. The van der Waals surface area contributed by atoms with Crippen molar-refractivity contribution in [3.05, 3.63) is 54.1 Å². The number of carbonyl (C=O) groups is 1. The lowest BCUT2D eigenvalue weighted by Gasteiger charge is -2.10. The summed E-state index contributed by atoms with van der Waals surface area (Å²) in [4.78, 5) is 11.2. The Morgan fingerprint density at radius 3 is 2.47 bits per heavy atom. The van der Waals surface area contributed by atoms with Crippen LogP contribution in [0.3, 0.4) is 0 Å². The topological polar surface area (TPSA) is 55.8 Å². The van der Waals surface area contributed by atoms with Gasteiger partial charge in [0.25, 0.3) is 0 Å². The molecule has 1 N–H and O–H groups in total. The highest BCUT2D eigenvalue weighted by molar-refractivity contribution is 5.91. The molecule has 0 aliphatic heterocycles. The molecule has 4 heteroatoms. The first-order valence-corrected chi connectivity index (χ1v) is 5.93. The van der Waals surface area contributed by atoms with Gasteiger partial charge in [-0.2, -0.15) is 0 Å². The van der Waals surface area contributed by atoms with Crippen LogP contribution < -0.4 is 9.47 Å². The van der Waals surface area contributed by atoms with Crippen LogP contribution >= 0.6 is 0 Å². The van der Waals surface area contributed by atoms with Crippen molar-refractivity contribution in [1.29, 1.82) is 0 Å². The highest BCUT2D eigenvalue weighted by atomic mass is 16.5. The largest absolute Gasteiger partial charge is 0.493 e. The van der Waals surface area contributed by atoms with Crippen LogP contribution in [0.5, 0.6) is 17.2 Å². The van der Waals surface area contributed by atoms with E-state index in [9.17, 15) is 4.79 Å². The van der Waals surface area contributed by atoms with Crippen molar-refractivity contribution in [2.75, 3.05) is 6.61 Å². The highest BCUT2D eigenvalue weighted by Gasteiger charge is 2.12. The Hall–Kier alpha value is -2.49. The van der Waals surface area contributed by atoms with E-state index >= 15 is 0 Å². The van der Waals surface area contributed by atoms with E-state index in [1.54, 1.807) is 31.2 Å². The molecule has 0 aliphatic rings. The number of hydrogen-bond acceptors (Lipinski definition) is 3. The van der Waals surface area contributed by atoms with Gasteiger partial charge in [0, 0.05) is 0 Å². The summed E-state index contributed by atoms with van der Waals surface area (Å²) in [6.07, 6.45) is 0. The molecule has 0 atom stereocenters. The van der Waals surface area contributed by atoms with E-state index in [0.717, 1.165) is 0 Å². The molecule has 2 rings (SSSR count). The Kier molecular flexibility index (Phi) is 4.03. The van der Waals surface area contributed by atoms with Gasteiger partial charge in [0.2, 0.25) is 0 Å². The fourth-order valence-corrected chi connectivity index (χ4v) is 1.65. The average molecular weight is 258 g/mol. The van der Waals surface area contributed by atoms with Crippen LogP contribution in [-0.2, 0) is 0 Å². The first-order valence-electron chi connectivity index (χ1n) is 5.93. The number of para-hydroxylation sites is 1. The fraction of sp³-hybridized carbons (Fsp3) is 0.133. The van der Waals surface area contributed by atoms with Gasteiger partial charge in [0.15, 0.2) is 0 Å². The molecule has 0 aliphatic carbocycles. The average Bonchev–Trinajstić information content (AvgIpc) is 2.42. The van der Waals surface area contributed by atoms with E-state index in [1.165, 1.54) is 6.07 Å². The van der Waals surface area contributed by atoms with Crippen LogP contribution in [0.2, 0.25) is 0 Å². The summed E-state index contributed by atoms with van der Waals surface area (Å²) < 4.78 is 10.9. The Labute approximate surface area is 111 Å². The molecule has 0 unspecified atom stereocenters. The maximum atomic E-state index is 11.2. The molecule has 2 aromatic rings. The lowest BCUT2D eigenvalue weighted by molar-refractivity contribution is 0.0692. The molecule has 0 fully saturated rings. The Balaban J connectivity index is 2.28. The maximum absolute atomic E-state index is 11.2. The van der Waals surface area contributed by atoms with Gasteiger partial charge >= 0.3 is 5.97 Å². The minimum atomic E-state index is -1.04. The minimum Gasteiger partial charge on any atom is -0.493 e. The quantitative estimate of drug-likeness (QED) is 0.890. The molecule has 0 spiro atoms. The van der Waals surface area contributed by atoms with Gasteiger partial charge in [-0.25, -0.2) is 4.79 Å². The van der Waals surface area contributed by atoms with E-state index in [0.29, 0.717) is 23.9 Å². The monoisotopic (exact) mass is 258 g/mol. The number of aromatic carboxylic acids is 1. The van der Waals surface area contributed by atoms with Crippen LogP contribution in [-0.4, -0.2) is 17.7 Å². The summed E-state index contributed by atoms with van der Waals surface area (Å²) in [5.41, 5.74) is 0.0929. The molecule has 4 nitrogen and oxygen atoms in total. The van der Waals surface area contributed by atoms with Crippen LogP contribution in [0.25, 0.3) is 0 Å². The Morgan fingerprint density at radius 2 is 1.84 bits per heavy atom. The fourth-order valence-electron chi connectivity index (χ4n) is 1.65. The summed E-state index contributed by atoms with van der Waals surface area (Å²) >= 11 is 0. The lowest BCUT2D eigenvalue weighted by Crippen LogP contribution is -2.03. The number of carboxylic acids is 1. The van der Waals surface area contributed by atoms with Crippen molar-refractivity contribution in [3.63, 3.8) is 0 Å². The molecule has 0 bridgehead atoms. The summed E-state index contributed by atoms with van der Waals surface area (Å²) in [7, 11) is 0. The van der Waals surface area contributed by atoms with E-state index in [2.05, 4.69) is 0 Å². The molecule has 2 aromatic carbocycles. The SMILES string of the molecule is CCOc1ccc(Oc2ccccc2)cc1C(=O)O. The molecule has 0 amide bonds. The van der Waals surface area contributed by atoms with Crippen LogP contribution in [0.4, 0.5) is 0 Å². The van der Waals surface area contributed by atoms with Gasteiger partial charge in [0.1, 0.15) is 22.8 Å². The zero-order valence-corrected chi connectivity index (χ0v) is 10.5. The standard InChI is InChI=1S/C15H14O4/c1-2-18-14-9-8-12(10-13(14)15(16)17)19-11-6-4-3-5-7-11/h3-10H,2H2,1H3,(H,16,17). The van der Waals surface area contributed by atoms with Crippen molar-refractivity contribution in [2.24, 2.45) is 0 Å². The molecule has 98 valence electrons. The number of carboxylic acid groups (broad SMARTS) is 1. The van der Waals surface area contributed by atoms with E-state index in [4.69, 9.17) is 14.6 Å². The van der Waals surface area contributed by atoms with Gasteiger partial charge in [-0.05, 0) is 37.3 Å². The maximum Gasteiger partial charge on any atom is 0.339 e. The van der Waals surface area contributed by atoms with Crippen molar-refractivity contribution in [1.82, 2.24) is 0 Å². The van der Waals surface area contributed by atoms with Crippen LogP contribution in [0.1, 0.15) is 17.3 Å². The Bertz CT molecular complexity index is 564. The minimum absolute atomic E-state index is 0.0929. The normalized spacial score (nSPS) is 9.95. The molecule has 0 saturated carbocycles. The molecule has 0 heterocycles. The number of rotatable bonds is 5. The first kappa shape index (κ1) is 13.0. The number of hydrogen-bond donors (Lipinski definition) is 1. The second kappa shape index (κ2) is 5.91. The van der Waals surface area contributed by atoms with Crippen molar-refractivity contribution >= 4 is 5.97 Å². The van der Waals surface area contributed by atoms with Gasteiger partial charge < -0.3 is 14.6 Å². The Morgan fingerprint density at radius 1 is 1.11 bits per heavy atom. The number of ether oxygens (including phenoxy) is 2. The summed E-state index contributed by atoms with van der Waals surface area (Å²) in [5, 5.41) is 9.15. The molecule has 19 heavy (non-hydrogen) atoms. The van der Waals surface area contributed by atoms with E-state index in [-0.39, 0.29) is 5.56 Å². The lowest BCUT2D eigenvalue weighted by atomic mass is 10.2. The van der Waals surface area contributed by atoms with E-state index in [1.807, 2.05) is 18.2 Å². The third kappa shape index (κ3) is 3.25.